The maximum atomic E-state index is 11.8. The number of aromatic amines is 1. The second-order valence-corrected chi connectivity index (χ2v) is 7.06. The van der Waals surface area contributed by atoms with Gasteiger partial charge in [-0.3, -0.25) is 4.79 Å². The SMILES string of the molecule is CC(C)(C)NC(=O)COc1ccc([C@@H]2NCCc3[nH]cnc32)cc1. The molecule has 0 bridgehead atoms. The van der Waals surface area contributed by atoms with Crippen LogP contribution in [0.1, 0.15) is 43.8 Å². The Hall–Kier alpha value is -2.34. The van der Waals surface area contributed by atoms with Crippen molar-refractivity contribution in [2.45, 2.75) is 38.8 Å². The topological polar surface area (TPSA) is 79.0 Å². The largest absolute Gasteiger partial charge is 0.484 e. The van der Waals surface area contributed by atoms with Crippen LogP contribution in [0.5, 0.6) is 5.75 Å². The summed E-state index contributed by atoms with van der Waals surface area (Å²) in [5.74, 6) is 0.558. The van der Waals surface area contributed by atoms with Crippen molar-refractivity contribution in [2.75, 3.05) is 13.2 Å². The summed E-state index contributed by atoms with van der Waals surface area (Å²) in [6.07, 6.45) is 2.71. The van der Waals surface area contributed by atoms with Crippen LogP contribution >= 0.6 is 0 Å². The third-order valence-electron chi connectivity index (χ3n) is 3.85. The van der Waals surface area contributed by atoms with Crippen molar-refractivity contribution in [3.63, 3.8) is 0 Å². The highest BCUT2D eigenvalue weighted by Gasteiger charge is 2.23. The number of hydrogen-bond donors (Lipinski definition) is 3. The standard InChI is InChI=1S/C18H24N4O2/c1-18(2,3)22-15(23)10-24-13-6-4-12(5-7-13)16-17-14(8-9-19-16)20-11-21-17/h4-7,11,16,19H,8-10H2,1-3H3,(H,20,21)(H,22,23)/t16-/m0/s1. The Kier molecular flexibility index (Phi) is 4.57. The van der Waals surface area contributed by atoms with Gasteiger partial charge >= 0.3 is 0 Å². The lowest BCUT2D eigenvalue weighted by atomic mass is 9.98. The van der Waals surface area contributed by atoms with E-state index in [2.05, 4.69) is 20.6 Å². The zero-order valence-corrected chi connectivity index (χ0v) is 14.3. The number of carbonyl (C=O) groups excluding carboxylic acids is 1. The molecule has 0 unspecified atom stereocenters. The molecule has 128 valence electrons. The van der Waals surface area contributed by atoms with Gasteiger partial charge in [-0.15, -0.1) is 0 Å². The molecular formula is C18H24N4O2. The van der Waals surface area contributed by atoms with Crippen molar-refractivity contribution >= 4 is 5.91 Å². The number of amides is 1. The Morgan fingerprint density at radius 1 is 1.33 bits per heavy atom. The number of H-pyrrole nitrogens is 1. The van der Waals surface area contributed by atoms with Gasteiger partial charge in [0.2, 0.25) is 0 Å². The quantitative estimate of drug-likeness (QED) is 0.801. The van der Waals surface area contributed by atoms with Crippen LogP contribution in [-0.2, 0) is 11.2 Å². The number of aromatic nitrogens is 2. The third-order valence-corrected chi connectivity index (χ3v) is 3.85. The summed E-state index contributed by atoms with van der Waals surface area (Å²) in [5.41, 5.74) is 3.13. The molecule has 3 N–H and O–H groups in total. The molecule has 0 spiro atoms. The molecule has 1 aromatic heterocycles. The molecular weight excluding hydrogens is 304 g/mol. The van der Waals surface area contributed by atoms with Gasteiger partial charge in [-0.1, -0.05) is 12.1 Å². The summed E-state index contributed by atoms with van der Waals surface area (Å²) < 4.78 is 5.56. The molecule has 0 saturated heterocycles. The summed E-state index contributed by atoms with van der Waals surface area (Å²) in [5, 5.41) is 6.36. The second kappa shape index (κ2) is 6.65. The van der Waals surface area contributed by atoms with Crippen LogP contribution in [0.3, 0.4) is 0 Å². The lowest BCUT2D eigenvalue weighted by molar-refractivity contribution is -0.124. The highest BCUT2D eigenvalue weighted by atomic mass is 16.5. The first kappa shape index (κ1) is 16.5. The highest BCUT2D eigenvalue weighted by molar-refractivity contribution is 5.78. The fraction of sp³-hybridized carbons (Fsp3) is 0.444. The number of nitrogens with zero attached hydrogens (tertiary/aromatic N) is 1. The molecule has 0 fully saturated rings. The first-order valence-corrected chi connectivity index (χ1v) is 8.22. The van der Waals surface area contributed by atoms with Crippen LogP contribution in [0.15, 0.2) is 30.6 Å². The molecule has 1 aliphatic rings. The first-order chi connectivity index (χ1) is 11.4. The molecule has 1 aromatic carbocycles. The van der Waals surface area contributed by atoms with Gasteiger partial charge in [0.25, 0.3) is 5.91 Å². The molecule has 3 rings (SSSR count). The minimum absolute atomic E-state index is 0.0157. The summed E-state index contributed by atoms with van der Waals surface area (Å²) in [4.78, 5) is 19.4. The van der Waals surface area contributed by atoms with E-state index in [4.69, 9.17) is 4.74 Å². The van der Waals surface area contributed by atoms with Gasteiger partial charge in [0, 0.05) is 24.2 Å². The minimum Gasteiger partial charge on any atom is -0.484 e. The van der Waals surface area contributed by atoms with E-state index in [-0.39, 0.29) is 24.1 Å². The van der Waals surface area contributed by atoms with Crippen LogP contribution in [0.4, 0.5) is 0 Å². The van der Waals surface area contributed by atoms with Gasteiger partial charge in [0.15, 0.2) is 6.61 Å². The van der Waals surface area contributed by atoms with E-state index >= 15 is 0 Å². The number of ether oxygens (including phenoxy) is 1. The Balaban J connectivity index is 1.62. The molecule has 0 radical (unpaired) electrons. The molecule has 6 heteroatoms. The van der Waals surface area contributed by atoms with Gasteiger partial charge < -0.3 is 20.4 Å². The van der Waals surface area contributed by atoms with Crippen molar-refractivity contribution in [2.24, 2.45) is 0 Å². The minimum atomic E-state index is -0.252. The summed E-state index contributed by atoms with van der Waals surface area (Å²) in [7, 11) is 0. The summed E-state index contributed by atoms with van der Waals surface area (Å²) in [6.45, 7) is 6.77. The van der Waals surface area contributed by atoms with Gasteiger partial charge in [-0.05, 0) is 38.5 Å². The zero-order valence-electron chi connectivity index (χ0n) is 14.3. The molecule has 1 amide bonds. The molecule has 2 heterocycles. The van der Waals surface area contributed by atoms with Crippen molar-refractivity contribution in [1.29, 1.82) is 0 Å². The van der Waals surface area contributed by atoms with Crippen LogP contribution in [0, 0.1) is 0 Å². The summed E-state index contributed by atoms with van der Waals surface area (Å²) >= 11 is 0. The van der Waals surface area contributed by atoms with E-state index in [0.29, 0.717) is 5.75 Å². The van der Waals surface area contributed by atoms with Gasteiger partial charge in [-0.25, -0.2) is 4.98 Å². The lowest BCUT2D eigenvalue weighted by Gasteiger charge is -2.23. The molecule has 24 heavy (non-hydrogen) atoms. The second-order valence-electron chi connectivity index (χ2n) is 7.06. The molecule has 1 atom stereocenters. The van der Waals surface area contributed by atoms with Gasteiger partial charge in [-0.2, -0.15) is 0 Å². The Bertz CT molecular complexity index is 701. The van der Waals surface area contributed by atoms with E-state index in [1.807, 2.05) is 45.0 Å². The van der Waals surface area contributed by atoms with Crippen molar-refractivity contribution in [1.82, 2.24) is 20.6 Å². The number of fused-ring (bicyclic) bond motifs is 1. The van der Waals surface area contributed by atoms with Crippen molar-refractivity contribution < 1.29 is 9.53 Å². The first-order valence-electron chi connectivity index (χ1n) is 8.22. The molecule has 1 aliphatic heterocycles. The fourth-order valence-corrected chi connectivity index (χ4v) is 2.85. The van der Waals surface area contributed by atoms with E-state index in [9.17, 15) is 4.79 Å². The monoisotopic (exact) mass is 328 g/mol. The Morgan fingerprint density at radius 3 is 2.79 bits per heavy atom. The number of imidazole rings is 1. The molecule has 6 nitrogen and oxygen atoms in total. The van der Waals surface area contributed by atoms with E-state index in [1.165, 1.54) is 5.69 Å². The number of rotatable bonds is 4. The van der Waals surface area contributed by atoms with Gasteiger partial charge in [0.1, 0.15) is 5.75 Å². The van der Waals surface area contributed by atoms with Crippen LogP contribution in [0.2, 0.25) is 0 Å². The van der Waals surface area contributed by atoms with E-state index < -0.39 is 0 Å². The zero-order chi connectivity index (χ0) is 17.2. The highest BCUT2D eigenvalue weighted by Crippen LogP contribution is 2.27. The fourth-order valence-electron chi connectivity index (χ4n) is 2.85. The smallest absolute Gasteiger partial charge is 0.258 e. The predicted molar refractivity (Wildman–Crippen MR) is 92.0 cm³/mol. The Morgan fingerprint density at radius 2 is 2.08 bits per heavy atom. The van der Waals surface area contributed by atoms with Crippen LogP contribution < -0.4 is 15.4 Å². The van der Waals surface area contributed by atoms with Crippen molar-refractivity contribution in [3.8, 4) is 5.75 Å². The number of nitrogens with one attached hydrogen (secondary N) is 3. The number of carbonyl (C=O) groups is 1. The van der Waals surface area contributed by atoms with Crippen LogP contribution in [-0.4, -0.2) is 34.6 Å². The number of benzene rings is 1. The maximum Gasteiger partial charge on any atom is 0.258 e. The Labute approximate surface area is 142 Å². The van der Waals surface area contributed by atoms with Crippen molar-refractivity contribution in [3.05, 3.63) is 47.5 Å². The molecule has 0 saturated carbocycles. The normalized spacial score (nSPS) is 17.2. The average molecular weight is 328 g/mol. The molecule has 0 aliphatic carbocycles. The predicted octanol–water partition coefficient (Wildman–Crippen LogP) is 1.94. The number of hydrogen-bond acceptors (Lipinski definition) is 4. The molecule has 2 aromatic rings. The average Bonchev–Trinajstić information content (AvgIpc) is 3.00. The van der Waals surface area contributed by atoms with Crippen LogP contribution in [0.25, 0.3) is 0 Å². The third kappa shape index (κ3) is 3.94. The summed E-state index contributed by atoms with van der Waals surface area (Å²) in [6, 6.07) is 7.90. The maximum absolute atomic E-state index is 11.8. The van der Waals surface area contributed by atoms with E-state index in [1.54, 1.807) is 6.33 Å². The van der Waals surface area contributed by atoms with Gasteiger partial charge in [0.05, 0.1) is 18.1 Å². The van der Waals surface area contributed by atoms with E-state index in [0.717, 1.165) is 24.2 Å². The lowest BCUT2D eigenvalue weighted by Crippen LogP contribution is -2.43.